The summed E-state index contributed by atoms with van der Waals surface area (Å²) >= 11 is 5.92. The van der Waals surface area contributed by atoms with E-state index in [1.165, 1.54) is 22.0 Å². The minimum Gasteiger partial charge on any atom is -0.361 e. The molecule has 3 N–H and O–H groups in total. The fraction of sp³-hybridized carbons (Fsp3) is 0.261. The number of aryl methyl sites for hydroxylation is 1. The lowest BCUT2D eigenvalue weighted by atomic mass is 10.1. The summed E-state index contributed by atoms with van der Waals surface area (Å²) in [7, 11) is 1.76. The fourth-order valence-corrected chi connectivity index (χ4v) is 3.67. The van der Waals surface area contributed by atoms with Crippen LogP contribution < -0.4 is 10.6 Å². The second kappa shape index (κ2) is 11.3. The predicted octanol–water partition coefficient (Wildman–Crippen LogP) is 4.75. The third-order valence-electron chi connectivity index (χ3n) is 5.11. The summed E-state index contributed by atoms with van der Waals surface area (Å²) in [4.78, 5) is 12.1. The zero-order chi connectivity index (χ0) is 21.6. The number of fused-ring (bicyclic) bond motifs is 1. The highest BCUT2D eigenvalue weighted by Crippen LogP contribution is 2.22. The average Bonchev–Trinajstić information content (AvgIpc) is 3.41. The number of nitrogens with zero attached hydrogens (tertiary/aromatic N) is 3. The van der Waals surface area contributed by atoms with E-state index in [-0.39, 0.29) is 24.0 Å². The van der Waals surface area contributed by atoms with Gasteiger partial charge in [-0.15, -0.1) is 24.0 Å². The Morgan fingerprint density at radius 1 is 1.09 bits per heavy atom. The van der Waals surface area contributed by atoms with E-state index >= 15 is 0 Å². The lowest BCUT2D eigenvalue weighted by Crippen LogP contribution is -2.39. The molecule has 0 bridgehead atoms. The quantitative estimate of drug-likeness (QED) is 0.171. The molecule has 32 heavy (non-hydrogen) atoms. The van der Waals surface area contributed by atoms with Crippen LogP contribution in [0.25, 0.3) is 22.3 Å². The Hall–Kier alpha value is -2.59. The van der Waals surface area contributed by atoms with Gasteiger partial charge in [-0.2, -0.15) is 4.98 Å². The van der Waals surface area contributed by atoms with Crippen molar-refractivity contribution in [2.75, 3.05) is 20.1 Å². The van der Waals surface area contributed by atoms with Crippen LogP contribution in [-0.2, 0) is 12.8 Å². The first-order valence-electron chi connectivity index (χ1n) is 10.2. The van der Waals surface area contributed by atoms with Gasteiger partial charge in [0.2, 0.25) is 11.7 Å². The van der Waals surface area contributed by atoms with E-state index in [0.29, 0.717) is 29.7 Å². The van der Waals surface area contributed by atoms with Gasteiger partial charge in [-0.1, -0.05) is 28.9 Å². The van der Waals surface area contributed by atoms with Crippen LogP contribution in [0, 0.1) is 6.92 Å². The Kier molecular flexibility index (Phi) is 8.52. The van der Waals surface area contributed by atoms with E-state index < -0.39 is 0 Å². The molecule has 0 saturated carbocycles. The molecule has 2 aromatic heterocycles. The van der Waals surface area contributed by atoms with Crippen molar-refractivity contribution in [3.63, 3.8) is 0 Å². The number of hydrogen-bond acceptors (Lipinski definition) is 4. The number of benzene rings is 2. The van der Waals surface area contributed by atoms with E-state index in [4.69, 9.17) is 16.1 Å². The van der Waals surface area contributed by atoms with Crippen molar-refractivity contribution in [3.05, 3.63) is 70.7 Å². The lowest BCUT2D eigenvalue weighted by Gasteiger charge is -2.11. The summed E-state index contributed by atoms with van der Waals surface area (Å²) in [6.45, 7) is 3.56. The van der Waals surface area contributed by atoms with Crippen LogP contribution in [0.2, 0.25) is 5.02 Å². The fourth-order valence-electron chi connectivity index (χ4n) is 3.55. The highest BCUT2D eigenvalue weighted by Gasteiger charge is 2.09. The Morgan fingerprint density at radius 3 is 2.59 bits per heavy atom. The molecule has 2 heterocycles. The van der Waals surface area contributed by atoms with Crippen LogP contribution >= 0.6 is 35.6 Å². The number of hydrogen-bond donors (Lipinski definition) is 3. The Balaban J connectivity index is 0.00000289. The average molecular weight is 565 g/mol. The van der Waals surface area contributed by atoms with E-state index in [9.17, 15) is 0 Å². The maximum atomic E-state index is 5.92. The summed E-state index contributed by atoms with van der Waals surface area (Å²) in [5, 5.41) is 12.7. The molecule has 0 atom stereocenters. The van der Waals surface area contributed by atoms with E-state index in [0.717, 1.165) is 24.5 Å². The maximum Gasteiger partial charge on any atom is 0.228 e. The number of nitrogens with one attached hydrogen (secondary N) is 3. The van der Waals surface area contributed by atoms with Gasteiger partial charge in [-0.05, 0) is 54.8 Å². The number of halogens is 2. The number of H-pyrrole nitrogens is 1. The molecule has 2 aromatic carbocycles. The summed E-state index contributed by atoms with van der Waals surface area (Å²) in [5.41, 5.74) is 4.64. The highest BCUT2D eigenvalue weighted by molar-refractivity contribution is 14.0. The van der Waals surface area contributed by atoms with Crippen molar-refractivity contribution >= 4 is 52.4 Å². The van der Waals surface area contributed by atoms with Crippen molar-refractivity contribution in [1.82, 2.24) is 25.8 Å². The standard InChI is InChI=1S/C23H25ClN6O.HI/c1-15-4-3-5-19-21(15)17(14-28-19)10-12-26-23(25-2)27-13-11-20-29-22(30-31-20)16-6-8-18(24)9-7-16;/h3-9,14,28H,10-13H2,1-2H3,(H2,25,26,27);1H. The highest BCUT2D eigenvalue weighted by atomic mass is 127. The molecule has 0 aliphatic carbocycles. The molecule has 0 radical (unpaired) electrons. The van der Waals surface area contributed by atoms with Gasteiger partial charge < -0.3 is 20.1 Å². The van der Waals surface area contributed by atoms with Crippen LogP contribution in [0.5, 0.6) is 0 Å². The Morgan fingerprint density at radius 2 is 1.84 bits per heavy atom. The maximum absolute atomic E-state index is 5.92. The zero-order valence-corrected chi connectivity index (χ0v) is 21.1. The van der Waals surface area contributed by atoms with Crippen LogP contribution in [0.4, 0.5) is 0 Å². The van der Waals surface area contributed by atoms with Crippen molar-refractivity contribution in [2.24, 2.45) is 4.99 Å². The first kappa shape index (κ1) is 24.1. The molecule has 0 amide bonds. The van der Waals surface area contributed by atoms with Crippen molar-refractivity contribution in [3.8, 4) is 11.4 Å². The largest absolute Gasteiger partial charge is 0.361 e. The topological polar surface area (TPSA) is 91.1 Å². The van der Waals surface area contributed by atoms with Gasteiger partial charge in [-0.25, -0.2) is 0 Å². The molecular weight excluding hydrogens is 539 g/mol. The molecule has 4 aromatic rings. The number of aromatic amines is 1. The first-order valence-corrected chi connectivity index (χ1v) is 10.6. The van der Waals surface area contributed by atoms with Gasteiger partial charge in [-0.3, -0.25) is 4.99 Å². The van der Waals surface area contributed by atoms with Gasteiger partial charge in [0.1, 0.15) is 0 Å². The first-order chi connectivity index (χ1) is 15.1. The summed E-state index contributed by atoms with van der Waals surface area (Å²) in [6, 6.07) is 13.7. The van der Waals surface area contributed by atoms with Gasteiger partial charge in [0.25, 0.3) is 0 Å². The van der Waals surface area contributed by atoms with Crippen molar-refractivity contribution in [2.45, 2.75) is 19.8 Å². The van der Waals surface area contributed by atoms with Crippen LogP contribution in [0.15, 0.2) is 58.2 Å². The molecule has 7 nitrogen and oxygen atoms in total. The monoisotopic (exact) mass is 564 g/mol. The second-order valence-electron chi connectivity index (χ2n) is 7.26. The third-order valence-corrected chi connectivity index (χ3v) is 5.36. The number of rotatable bonds is 7. The summed E-state index contributed by atoms with van der Waals surface area (Å²) < 4.78 is 5.35. The SMILES string of the molecule is CN=C(NCCc1nc(-c2ccc(Cl)cc2)no1)NCCc1c[nH]c2cccc(C)c12.I. The minimum absolute atomic E-state index is 0. The molecule has 0 unspecified atom stereocenters. The molecule has 168 valence electrons. The predicted molar refractivity (Wildman–Crippen MR) is 140 cm³/mol. The van der Waals surface area contributed by atoms with E-state index in [1.807, 2.05) is 24.3 Å². The summed E-state index contributed by atoms with van der Waals surface area (Å²) in [6.07, 6.45) is 3.59. The minimum atomic E-state index is 0. The third kappa shape index (κ3) is 5.80. The van der Waals surface area contributed by atoms with Gasteiger partial charge >= 0.3 is 0 Å². The number of aliphatic imine (C=N–C) groups is 1. The summed E-state index contributed by atoms with van der Waals surface area (Å²) in [5.74, 6) is 1.87. The van der Waals surface area contributed by atoms with Crippen LogP contribution in [0.3, 0.4) is 0 Å². The molecule has 4 rings (SSSR count). The molecule has 0 aliphatic heterocycles. The van der Waals surface area contributed by atoms with Gasteiger partial charge in [0.15, 0.2) is 5.96 Å². The Bertz CT molecular complexity index is 1180. The molecular formula is C23H26ClIN6O. The lowest BCUT2D eigenvalue weighted by molar-refractivity contribution is 0.378. The molecule has 0 fully saturated rings. The van der Waals surface area contributed by atoms with Crippen LogP contribution in [-0.4, -0.2) is 41.2 Å². The number of guanidine groups is 1. The van der Waals surface area contributed by atoms with E-state index in [2.05, 4.69) is 62.1 Å². The second-order valence-corrected chi connectivity index (χ2v) is 7.69. The molecule has 9 heteroatoms. The van der Waals surface area contributed by atoms with Crippen LogP contribution in [0.1, 0.15) is 17.0 Å². The Labute approximate surface area is 209 Å². The molecule has 0 aliphatic rings. The van der Waals surface area contributed by atoms with Gasteiger partial charge in [0.05, 0.1) is 0 Å². The smallest absolute Gasteiger partial charge is 0.228 e. The normalized spacial score (nSPS) is 11.4. The van der Waals surface area contributed by atoms with Crippen molar-refractivity contribution in [1.29, 1.82) is 0 Å². The number of aromatic nitrogens is 3. The zero-order valence-electron chi connectivity index (χ0n) is 18.0. The molecule has 0 spiro atoms. The van der Waals surface area contributed by atoms with Crippen molar-refractivity contribution < 1.29 is 4.52 Å². The van der Waals surface area contributed by atoms with E-state index in [1.54, 1.807) is 7.05 Å². The van der Waals surface area contributed by atoms with Gasteiger partial charge in [0, 0.05) is 54.2 Å². The molecule has 0 saturated heterocycles.